The van der Waals surface area contributed by atoms with Crippen LogP contribution in [0.15, 0.2) is 243 Å². The number of hydrogen-bond acceptors (Lipinski definition) is 14. The molecule has 3 aliphatic heterocycles. The Kier molecular flexibility index (Phi) is 21.7. The molecule has 3 heterocycles. The van der Waals surface area contributed by atoms with Gasteiger partial charge in [0, 0.05) is 0 Å². The summed E-state index contributed by atoms with van der Waals surface area (Å²) in [6.45, 7) is 7.61. The van der Waals surface area contributed by atoms with E-state index in [1.54, 1.807) is 24.3 Å². The number of carbonyl (C=O) groups excluding carboxylic acids is 1. The predicted octanol–water partition coefficient (Wildman–Crippen LogP) is 10.9. The normalized spacial score (nSPS) is 24.5. The molecule has 8 aromatic carbocycles. The molecule has 1 N–H and O–H groups in total. The van der Waals surface area contributed by atoms with Crippen LogP contribution >= 0.6 is 0 Å². The van der Waals surface area contributed by atoms with Gasteiger partial charge in [-0.25, -0.2) is 4.79 Å². The maximum atomic E-state index is 14.5. The van der Waals surface area contributed by atoms with Crippen LogP contribution in [-0.4, -0.2) is 113 Å². The van der Waals surface area contributed by atoms with E-state index < -0.39 is 93.1 Å². The van der Waals surface area contributed by atoms with Crippen LogP contribution in [0.25, 0.3) is 0 Å². The van der Waals surface area contributed by atoms with Crippen LogP contribution in [0, 0.1) is 0 Å². The van der Waals surface area contributed by atoms with E-state index in [4.69, 9.17) is 56.5 Å². The Balaban J connectivity index is 0.965. The first-order valence-electron chi connectivity index (χ1n) is 30.3. The van der Waals surface area contributed by atoms with Gasteiger partial charge in [0.25, 0.3) is 8.32 Å². The van der Waals surface area contributed by atoms with E-state index in [0.29, 0.717) is 12.2 Å². The fourth-order valence-electron chi connectivity index (χ4n) is 11.8. The summed E-state index contributed by atoms with van der Waals surface area (Å²) in [6.07, 6.45) is -12.1. The summed E-state index contributed by atoms with van der Waals surface area (Å²) in [6, 6.07) is 78.6. The van der Waals surface area contributed by atoms with Crippen molar-refractivity contribution in [3.05, 3.63) is 276 Å². The Morgan fingerprint density at radius 2 is 0.773 bits per heavy atom. The van der Waals surface area contributed by atoms with Crippen molar-refractivity contribution in [3.8, 4) is 0 Å². The summed E-state index contributed by atoms with van der Waals surface area (Å²) >= 11 is 0. The number of ether oxygens (including phenoxy) is 11. The molecule has 0 spiro atoms. The van der Waals surface area contributed by atoms with E-state index in [2.05, 4.69) is 45.0 Å². The first-order chi connectivity index (χ1) is 43.1. The van der Waals surface area contributed by atoms with Gasteiger partial charge in [0.2, 0.25) is 0 Å². The lowest BCUT2D eigenvalue weighted by molar-refractivity contribution is -0.226. The standard InChI is InChI=1S/C73H78O14Si/c1-73(2,3)88(58-40-24-10-25-41-58,59-42-26-11-27-43-59)82-51-62-65(87-72-68(86-69(74)57-38-22-9-23-39-57)64(78-46-54-32-16-6-17-33-54)60(85-72)49-76-44-52-28-12-4-13-29-52)67(80-48-56-36-20-8-21-37-56)71(84-62)81-50-61-63(77-45-53-30-14-5-15-31-53)66(70(75)83-61)79-47-55-34-18-7-19-35-55/h4-43,60-68,70-72,75H,44-51H2,1-3H3/t60-,61-,62-,63-,64-,65-,66+,67+,68+,70+,71+,72-/m1/s1. The largest absolute Gasteiger partial charge is 0.450 e. The highest BCUT2D eigenvalue weighted by atomic mass is 28.4. The molecule has 3 fully saturated rings. The molecule has 0 bridgehead atoms. The van der Waals surface area contributed by atoms with Crippen LogP contribution in [0.1, 0.15) is 58.9 Å². The van der Waals surface area contributed by atoms with E-state index >= 15 is 0 Å². The molecule has 3 aliphatic rings. The molecule has 458 valence electrons. The highest BCUT2D eigenvalue weighted by molar-refractivity contribution is 6.99. The molecule has 12 atom stereocenters. The number of carbonyl (C=O) groups is 1. The Hall–Kier alpha value is -7.03. The second kappa shape index (κ2) is 30.5. The van der Waals surface area contributed by atoms with Gasteiger partial charge in [-0.15, -0.1) is 0 Å². The molecular formula is C73H78O14Si. The van der Waals surface area contributed by atoms with Gasteiger partial charge in [0.1, 0.15) is 48.8 Å². The molecule has 11 rings (SSSR count). The minimum absolute atomic E-state index is 0.00139. The first kappa shape index (κ1) is 62.6. The van der Waals surface area contributed by atoms with Crippen LogP contribution in [0.3, 0.4) is 0 Å². The number of aliphatic hydroxyl groups excluding tert-OH is 1. The first-order valence-corrected chi connectivity index (χ1v) is 32.2. The molecule has 0 aliphatic carbocycles. The molecule has 15 heteroatoms. The molecule has 0 radical (unpaired) electrons. The molecule has 0 amide bonds. The zero-order valence-corrected chi connectivity index (χ0v) is 50.9. The summed E-state index contributed by atoms with van der Waals surface area (Å²) in [5.74, 6) is -0.594. The van der Waals surface area contributed by atoms with Gasteiger partial charge >= 0.3 is 5.97 Å². The van der Waals surface area contributed by atoms with E-state index in [-0.39, 0.29) is 46.2 Å². The van der Waals surface area contributed by atoms with Gasteiger partial charge in [0.05, 0.1) is 58.4 Å². The number of hydrogen-bond donors (Lipinski definition) is 1. The molecule has 88 heavy (non-hydrogen) atoms. The lowest BCUT2D eigenvalue weighted by atomic mass is 10.1. The van der Waals surface area contributed by atoms with E-state index in [1.807, 2.05) is 194 Å². The van der Waals surface area contributed by atoms with Crippen molar-refractivity contribution in [1.29, 1.82) is 0 Å². The van der Waals surface area contributed by atoms with Crippen LogP contribution in [-0.2, 0) is 89.6 Å². The van der Waals surface area contributed by atoms with Crippen LogP contribution in [0.5, 0.6) is 0 Å². The average Bonchev–Trinajstić information content (AvgIpc) is 0.954. The predicted molar refractivity (Wildman–Crippen MR) is 334 cm³/mol. The van der Waals surface area contributed by atoms with Gasteiger partial charge in [0.15, 0.2) is 25.0 Å². The van der Waals surface area contributed by atoms with Gasteiger partial charge in [-0.2, -0.15) is 0 Å². The molecule has 0 aromatic heterocycles. The SMILES string of the molecule is CC(C)(C)[Si](OC[C@H]1O[C@H](OC[C@H]2O[C@H](O)[C@@H](OCc3ccccc3)[C@@H]2OCc2ccccc2)[C@@H](OCc2ccccc2)[C@@H]1O[C@H]1O[C@H](COCc2ccccc2)[C@@H](OCc2ccccc2)[C@@H]1OC(=O)c1ccccc1)(c1ccccc1)c1ccccc1. The minimum atomic E-state index is -3.25. The van der Waals surface area contributed by atoms with Crippen molar-refractivity contribution in [1.82, 2.24) is 0 Å². The second-order valence-corrected chi connectivity index (χ2v) is 27.6. The summed E-state index contributed by atoms with van der Waals surface area (Å²) in [5.41, 5.74) is 4.96. The molecule has 8 aromatic rings. The van der Waals surface area contributed by atoms with Crippen LogP contribution < -0.4 is 10.4 Å². The zero-order chi connectivity index (χ0) is 60.6. The van der Waals surface area contributed by atoms with Crippen molar-refractivity contribution in [2.75, 3.05) is 19.8 Å². The topological polar surface area (TPSA) is 148 Å². The average molecular weight is 1210 g/mol. The third kappa shape index (κ3) is 15.7. The van der Waals surface area contributed by atoms with Crippen LogP contribution in [0.4, 0.5) is 0 Å². The van der Waals surface area contributed by atoms with E-state index in [0.717, 1.165) is 38.2 Å². The molecule has 14 nitrogen and oxygen atoms in total. The fourth-order valence-corrected chi connectivity index (χ4v) is 16.4. The summed E-state index contributed by atoms with van der Waals surface area (Å²) < 4.78 is 82.8. The molecule has 0 saturated carbocycles. The van der Waals surface area contributed by atoms with Crippen molar-refractivity contribution in [2.24, 2.45) is 0 Å². The van der Waals surface area contributed by atoms with Gasteiger partial charge in [-0.05, 0) is 55.4 Å². The number of benzene rings is 8. The van der Waals surface area contributed by atoms with Crippen LogP contribution in [0.2, 0.25) is 5.04 Å². The number of aliphatic hydroxyl groups is 1. The summed E-state index contributed by atoms with van der Waals surface area (Å²) in [7, 11) is -3.25. The second-order valence-electron chi connectivity index (χ2n) is 23.3. The van der Waals surface area contributed by atoms with Crippen molar-refractivity contribution in [2.45, 2.75) is 133 Å². The fraction of sp³-hybridized carbons (Fsp3) is 0.329. The molecule has 0 unspecified atom stereocenters. The molecular weight excluding hydrogens is 1130 g/mol. The summed E-state index contributed by atoms with van der Waals surface area (Å²) in [4.78, 5) is 14.5. The van der Waals surface area contributed by atoms with Gasteiger partial charge in [-0.1, -0.05) is 251 Å². The third-order valence-electron chi connectivity index (χ3n) is 16.2. The highest BCUT2D eigenvalue weighted by Crippen LogP contribution is 2.41. The Bertz CT molecular complexity index is 3280. The quantitative estimate of drug-likeness (QED) is 0.0366. The van der Waals surface area contributed by atoms with Crippen molar-refractivity contribution < 1.29 is 66.4 Å². The minimum Gasteiger partial charge on any atom is -0.450 e. The maximum Gasteiger partial charge on any atom is 0.338 e. The lowest BCUT2D eigenvalue weighted by Crippen LogP contribution is -2.67. The van der Waals surface area contributed by atoms with Crippen molar-refractivity contribution >= 4 is 24.7 Å². The lowest BCUT2D eigenvalue weighted by Gasteiger charge is -2.43. The maximum absolute atomic E-state index is 14.5. The Morgan fingerprint density at radius 3 is 1.24 bits per heavy atom. The van der Waals surface area contributed by atoms with E-state index in [9.17, 15) is 9.90 Å². The number of rotatable bonds is 28. The Labute approximate surface area is 517 Å². The van der Waals surface area contributed by atoms with Crippen molar-refractivity contribution in [3.63, 3.8) is 0 Å². The monoisotopic (exact) mass is 1210 g/mol. The third-order valence-corrected chi connectivity index (χ3v) is 21.2. The van der Waals surface area contributed by atoms with Gasteiger partial charge in [-0.3, -0.25) is 0 Å². The zero-order valence-electron chi connectivity index (χ0n) is 49.9. The highest BCUT2D eigenvalue weighted by Gasteiger charge is 2.57. The van der Waals surface area contributed by atoms with E-state index in [1.165, 1.54) is 0 Å². The molecule has 3 saturated heterocycles. The Morgan fingerprint density at radius 1 is 0.398 bits per heavy atom. The summed E-state index contributed by atoms with van der Waals surface area (Å²) in [5, 5.41) is 13.4. The van der Waals surface area contributed by atoms with Gasteiger partial charge < -0.3 is 61.6 Å². The number of esters is 1. The smallest absolute Gasteiger partial charge is 0.338 e.